The lowest BCUT2D eigenvalue weighted by atomic mass is 10.4. The van der Waals surface area contributed by atoms with Crippen molar-refractivity contribution < 1.29 is 8.60 Å². The first-order valence-corrected chi connectivity index (χ1v) is 6.37. The van der Waals surface area contributed by atoms with E-state index in [0.717, 1.165) is 0 Å². The molecule has 0 aliphatic rings. The van der Waals surface area contributed by atoms with Crippen LogP contribution in [0.4, 0.5) is 10.2 Å². The molecule has 2 unspecified atom stereocenters. The predicted octanol–water partition coefficient (Wildman–Crippen LogP) is 2.05. The molecule has 3 nitrogen and oxygen atoms in total. The van der Waals surface area contributed by atoms with Gasteiger partial charge in [0.2, 0.25) is 0 Å². The zero-order valence-corrected chi connectivity index (χ0v) is 10.0. The molecule has 0 spiro atoms. The largest absolute Gasteiger partial charge is 0.366 e. The average Bonchev–Trinajstić information content (AvgIpc) is 2.15. The summed E-state index contributed by atoms with van der Waals surface area (Å²) < 4.78 is 24.3. The molecule has 0 saturated carbocycles. The monoisotopic (exact) mass is 250 g/mol. The van der Waals surface area contributed by atoms with Crippen molar-refractivity contribution in [2.24, 2.45) is 0 Å². The van der Waals surface area contributed by atoms with Gasteiger partial charge in [-0.25, -0.2) is 9.37 Å². The Morgan fingerprint density at radius 3 is 2.93 bits per heavy atom. The van der Waals surface area contributed by atoms with E-state index in [1.807, 2.05) is 6.92 Å². The Balaban J connectivity index is 2.62. The van der Waals surface area contributed by atoms with Crippen LogP contribution < -0.4 is 5.32 Å². The topological polar surface area (TPSA) is 42.0 Å². The molecule has 2 atom stereocenters. The zero-order valence-electron chi connectivity index (χ0n) is 8.46. The number of nitrogens with one attached hydrogen (secondary N) is 1. The standard InChI is InChI=1S/C9H12ClFN2OS/c1-6(15(2)14)4-12-9-8(11)3-7(10)5-13-9/h3,5-6H,4H2,1-2H3,(H,12,13). The third-order valence-corrected chi connectivity index (χ3v) is 3.44. The molecule has 0 saturated heterocycles. The molecule has 1 rings (SSSR count). The molecule has 15 heavy (non-hydrogen) atoms. The molecule has 0 bridgehead atoms. The van der Waals surface area contributed by atoms with Crippen LogP contribution >= 0.6 is 11.6 Å². The minimum absolute atomic E-state index is 0.0538. The molecule has 1 aromatic heterocycles. The summed E-state index contributed by atoms with van der Waals surface area (Å²) in [5.41, 5.74) is 0. The first-order chi connectivity index (χ1) is 7.00. The van der Waals surface area contributed by atoms with E-state index in [2.05, 4.69) is 10.3 Å². The van der Waals surface area contributed by atoms with E-state index in [9.17, 15) is 8.60 Å². The number of hydrogen-bond acceptors (Lipinski definition) is 3. The first-order valence-electron chi connectivity index (χ1n) is 4.38. The molecule has 0 aliphatic heterocycles. The van der Waals surface area contributed by atoms with Crippen LogP contribution in [0.5, 0.6) is 0 Å². The second-order valence-corrected chi connectivity index (χ2v) is 5.41. The van der Waals surface area contributed by atoms with Crippen LogP contribution in [0, 0.1) is 5.82 Å². The fourth-order valence-corrected chi connectivity index (χ4v) is 1.37. The first kappa shape index (κ1) is 12.4. The molecule has 1 aromatic rings. The fourth-order valence-electron chi connectivity index (χ4n) is 0.902. The highest BCUT2D eigenvalue weighted by atomic mass is 35.5. The van der Waals surface area contributed by atoms with E-state index in [-0.39, 0.29) is 16.1 Å². The van der Waals surface area contributed by atoms with Crippen LogP contribution in [0.2, 0.25) is 5.02 Å². The van der Waals surface area contributed by atoms with Gasteiger partial charge in [-0.05, 0) is 13.0 Å². The summed E-state index contributed by atoms with van der Waals surface area (Å²) in [7, 11) is -0.934. The van der Waals surface area contributed by atoms with Crippen molar-refractivity contribution in [3.05, 3.63) is 23.1 Å². The normalized spacial score (nSPS) is 14.7. The minimum Gasteiger partial charge on any atom is -0.366 e. The van der Waals surface area contributed by atoms with Crippen molar-refractivity contribution in [2.75, 3.05) is 18.1 Å². The van der Waals surface area contributed by atoms with Crippen LogP contribution in [-0.2, 0) is 10.8 Å². The Bertz CT molecular complexity index is 375. The maximum atomic E-state index is 13.2. The zero-order chi connectivity index (χ0) is 11.4. The van der Waals surface area contributed by atoms with Gasteiger partial charge in [0.25, 0.3) is 0 Å². The van der Waals surface area contributed by atoms with Gasteiger partial charge in [-0.2, -0.15) is 0 Å². The minimum atomic E-state index is -0.934. The van der Waals surface area contributed by atoms with Crippen molar-refractivity contribution in [1.82, 2.24) is 4.98 Å². The van der Waals surface area contributed by atoms with Gasteiger partial charge >= 0.3 is 0 Å². The summed E-state index contributed by atoms with van der Waals surface area (Å²) in [4.78, 5) is 3.79. The van der Waals surface area contributed by atoms with E-state index in [1.54, 1.807) is 6.26 Å². The molecule has 6 heteroatoms. The molecule has 84 valence electrons. The lowest BCUT2D eigenvalue weighted by Crippen LogP contribution is -2.21. The Hall–Kier alpha value is -0.680. The maximum absolute atomic E-state index is 13.2. The highest BCUT2D eigenvalue weighted by molar-refractivity contribution is 7.84. The van der Waals surface area contributed by atoms with Gasteiger partial charge in [0, 0.05) is 35.0 Å². The Morgan fingerprint density at radius 2 is 2.40 bits per heavy atom. The highest BCUT2D eigenvalue weighted by Crippen LogP contribution is 2.15. The summed E-state index contributed by atoms with van der Waals surface area (Å²) in [6.07, 6.45) is 2.97. The summed E-state index contributed by atoms with van der Waals surface area (Å²) in [5.74, 6) is -0.367. The molecule has 0 amide bonds. The van der Waals surface area contributed by atoms with Crippen molar-refractivity contribution in [2.45, 2.75) is 12.2 Å². The molecule has 0 aromatic carbocycles. The van der Waals surface area contributed by atoms with Gasteiger partial charge in [-0.1, -0.05) is 11.6 Å². The summed E-state index contributed by atoms with van der Waals surface area (Å²) in [6, 6.07) is 1.18. The number of nitrogens with zero attached hydrogens (tertiary/aromatic N) is 1. The van der Waals surface area contributed by atoms with Crippen LogP contribution in [0.3, 0.4) is 0 Å². The highest BCUT2D eigenvalue weighted by Gasteiger charge is 2.08. The number of hydrogen-bond donors (Lipinski definition) is 1. The predicted molar refractivity (Wildman–Crippen MR) is 61.2 cm³/mol. The van der Waals surface area contributed by atoms with E-state index < -0.39 is 16.6 Å². The molecule has 0 radical (unpaired) electrons. The van der Waals surface area contributed by atoms with Crippen LogP contribution in [0.15, 0.2) is 12.3 Å². The van der Waals surface area contributed by atoms with Crippen LogP contribution in [0.1, 0.15) is 6.92 Å². The lowest BCUT2D eigenvalue weighted by molar-refractivity contribution is 0.624. The van der Waals surface area contributed by atoms with E-state index in [4.69, 9.17) is 11.6 Å². The molecular formula is C9H12ClFN2OS. The number of pyridine rings is 1. The van der Waals surface area contributed by atoms with Gasteiger partial charge in [-0.3, -0.25) is 4.21 Å². The van der Waals surface area contributed by atoms with Crippen LogP contribution in [0.25, 0.3) is 0 Å². The SMILES string of the molecule is CC(CNc1ncc(Cl)cc1F)S(C)=O. The molecular weight excluding hydrogens is 239 g/mol. The maximum Gasteiger partial charge on any atom is 0.166 e. The molecule has 1 heterocycles. The molecule has 1 N–H and O–H groups in total. The second-order valence-electron chi connectivity index (χ2n) is 3.17. The second kappa shape index (κ2) is 5.42. The summed E-state index contributed by atoms with van der Waals surface area (Å²) >= 11 is 5.55. The summed E-state index contributed by atoms with van der Waals surface area (Å²) in [5, 5.41) is 2.98. The lowest BCUT2D eigenvalue weighted by Gasteiger charge is -2.10. The van der Waals surface area contributed by atoms with Gasteiger partial charge in [0.15, 0.2) is 11.6 Å². The third-order valence-electron chi connectivity index (χ3n) is 1.93. The van der Waals surface area contributed by atoms with E-state index in [1.165, 1.54) is 12.3 Å². The van der Waals surface area contributed by atoms with Gasteiger partial charge in [-0.15, -0.1) is 0 Å². The van der Waals surface area contributed by atoms with Crippen LogP contribution in [-0.4, -0.2) is 27.2 Å². The van der Waals surface area contributed by atoms with Gasteiger partial charge in [0.1, 0.15) is 0 Å². The fraction of sp³-hybridized carbons (Fsp3) is 0.444. The number of aromatic nitrogens is 1. The number of rotatable bonds is 4. The molecule has 0 aliphatic carbocycles. The van der Waals surface area contributed by atoms with E-state index in [0.29, 0.717) is 6.54 Å². The third kappa shape index (κ3) is 3.76. The van der Waals surface area contributed by atoms with E-state index >= 15 is 0 Å². The van der Waals surface area contributed by atoms with Crippen molar-refractivity contribution in [1.29, 1.82) is 0 Å². The Kier molecular flexibility index (Phi) is 4.47. The van der Waals surface area contributed by atoms with Gasteiger partial charge < -0.3 is 5.32 Å². The smallest absolute Gasteiger partial charge is 0.166 e. The number of anilines is 1. The van der Waals surface area contributed by atoms with Gasteiger partial charge in [0.05, 0.1) is 5.02 Å². The quantitative estimate of drug-likeness (QED) is 0.889. The van der Waals surface area contributed by atoms with Crippen molar-refractivity contribution in [3.63, 3.8) is 0 Å². The summed E-state index contributed by atoms with van der Waals surface area (Å²) in [6.45, 7) is 2.23. The average molecular weight is 251 g/mol. The molecule has 0 fully saturated rings. The Labute approximate surface area is 95.5 Å². The Morgan fingerprint density at radius 1 is 1.73 bits per heavy atom. The van der Waals surface area contributed by atoms with Crippen molar-refractivity contribution >= 4 is 28.2 Å². The number of halogens is 2. The van der Waals surface area contributed by atoms with Crippen molar-refractivity contribution in [3.8, 4) is 0 Å².